The number of methoxy groups -OCH3 is 1. The molecule has 0 saturated carbocycles. The summed E-state index contributed by atoms with van der Waals surface area (Å²) < 4.78 is 25.9. The second-order valence-electron chi connectivity index (χ2n) is 6.76. The molecule has 1 aliphatic heterocycles. The summed E-state index contributed by atoms with van der Waals surface area (Å²) in [4.78, 5) is 13.8. The van der Waals surface area contributed by atoms with Crippen LogP contribution in [0.1, 0.15) is 38.7 Å². The van der Waals surface area contributed by atoms with E-state index in [4.69, 9.17) is 9.47 Å². The number of piperidine rings is 1. The number of carbonyl (C=O) groups is 1. The molecule has 0 aliphatic carbocycles. The molecule has 0 radical (unpaired) electrons. The first-order chi connectivity index (χ1) is 10.7. The molecule has 6 heteroatoms. The standard InChI is InChI=1S/C17H23BrFNO3/c1-17(2,3)23-16(21)20-8-7-13(15(10-20)22-4)12-6-5-11(18)9-14(12)19/h5-6,9,13,15H,7-8,10H2,1-4H3. The van der Waals surface area contributed by atoms with E-state index in [-0.39, 0.29) is 23.9 Å². The van der Waals surface area contributed by atoms with E-state index in [9.17, 15) is 9.18 Å². The zero-order valence-electron chi connectivity index (χ0n) is 13.9. The highest BCUT2D eigenvalue weighted by Crippen LogP contribution is 2.33. The van der Waals surface area contributed by atoms with Crippen LogP contribution < -0.4 is 0 Å². The van der Waals surface area contributed by atoms with E-state index in [2.05, 4.69) is 15.9 Å². The first-order valence-electron chi connectivity index (χ1n) is 7.67. The van der Waals surface area contributed by atoms with Crippen molar-refractivity contribution in [3.8, 4) is 0 Å². The van der Waals surface area contributed by atoms with Gasteiger partial charge in [0.05, 0.1) is 12.6 Å². The van der Waals surface area contributed by atoms with Crippen LogP contribution >= 0.6 is 15.9 Å². The van der Waals surface area contributed by atoms with Crippen molar-refractivity contribution in [1.82, 2.24) is 4.90 Å². The number of likely N-dealkylation sites (tertiary alicyclic amines) is 1. The van der Waals surface area contributed by atoms with E-state index >= 15 is 0 Å². The Morgan fingerprint density at radius 1 is 1.39 bits per heavy atom. The SMILES string of the molecule is COC1CN(C(=O)OC(C)(C)C)CCC1c1ccc(Br)cc1F. The van der Waals surface area contributed by atoms with Gasteiger partial charge in [-0.25, -0.2) is 9.18 Å². The van der Waals surface area contributed by atoms with Crippen molar-refractivity contribution in [3.05, 3.63) is 34.1 Å². The molecular formula is C17H23BrFNO3. The lowest BCUT2D eigenvalue weighted by molar-refractivity contribution is -0.0143. The maximum atomic E-state index is 14.2. The number of nitrogens with zero attached hydrogens (tertiary/aromatic N) is 1. The molecule has 1 amide bonds. The molecule has 2 atom stereocenters. The molecule has 1 saturated heterocycles. The minimum absolute atomic E-state index is 0.0770. The summed E-state index contributed by atoms with van der Waals surface area (Å²) in [5, 5.41) is 0. The molecule has 2 rings (SSSR count). The van der Waals surface area contributed by atoms with Crippen LogP contribution in [-0.2, 0) is 9.47 Å². The Kier molecular flexibility index (Phi) is 5.68. The van der Waals surface area contributed by atoms with E-state index in [0.717, 1.165) is 0 Å². The molecule has 0 bridgehead atoms. The molecule has 0 spiro atoms. The Balaban J connectivity index is 2.11. The van der Waals surface area contributed by atoms with Gasteiger partial charge in [-0.2, -0.15) is 0 Å². The van der Waals surface area contributed by atoms with E-state index in [0.29, 0.717) is 29.5 Å². The Labute approximate surface area is 145 Å². The number of rotatable bonds is 2. The molecule has 0 N–H and O–H groups in total. The second-order valence-corrected chi connectivity index (χ2v) is 7.68. The summed E-state index contributed by atoms with van der Waals surface area (Å²) in [6.07, 6.45) is 0.0252. The molecule has 1 aromatic rings. The zero-order chi connectivity index (χ0) is 17.2. The lowest BCUT2D eigenvalue weighted by Gasteiger charge is -2.38. The third-order valence-electron chi connectivity index (χ3n) is 3.88. The maximum absolute atomic E-state index is 14.2. The van der Waals surface area contributed by atoms with Gasteiger partial charge in [0.25, 0.3) is 0 Å². The molecular weight excluding hydrogens is 365 g/mol. The normalized spacial score (nSPS) is 22.1. The van der Waals surface area contributed by atoms with Crippen molar-refractivity contribution >= 4 is 22.0 Å². The van der Waals surface area contributed by atoms with Gasteiger partial charge in [0, 0.05) is 24.0 Å². The van der Waals surface area contributed by atoms with Crippen molar-refractivity contribution in [3.63, 3.8) is 0 Å². The predicted molar refractivity (Wildman–Crippen MR) is 90.1 cm³/mol. The summed E-state index contributed by atoms with van der Waals surface area (Å²) >= 11 is 3.27. The van der Waals surface area contributed by atoms with Gasteiger partial charge in [0.1, 0.15) is 11.4 Å². The largest absolute Gasteiger partial charge is 0.444 e. The van der Waals surface area contributed by atoms with Gasteiger partial charge in [-0.3, -0.25) is 0 Å². The monoisotopic (exact) mass is 387 g/mol. The minimum atomic E-state index is -0.533. The summed E-state index contributed by atoms with van der Waals surface area (Å²) in [6.45, 7) is 6.43. The summed E-state index contributed by atoms with van der Waals surface area (Å²) in [6, 6.07) is 5.06. The van der Waals surface area contributed by atoms with Crippen LogP contribution in [0.15, 0.2) is 22.7 Å². The lowest BCUT2D eigenvalue weighted by Crippen LogP contribution is -2.48. The molecule has 4 nitrogen and oxygen atoms in total. The summed E-state index contributed by atoms with van der Waals surface area (Å²) in [7, 11) is 1.59. The lowest BCUT2D eigenvalue weighted by atomic mass is 9.86. The van der Waals surface area contributed by atoms with Crippen molar-refractivity contribution in [2.45, 2.75) is 44.8 Å². The van der Waals surface area contributed by atoms with Gasteiger partial charge in [0.15, 0.2) is 0 Å². The topological polar surface area (TPSA) is 38.8 Å². The first kappa shape index (κ1) is 18.2. The van der Waals surface area contributed by atoms with Crippen molar-refractivity contribution in [2.75, 3.05) is 20.2 Å². The van der Waals surface area contributed by atoms with Crippen molar-refractivity contribution in [2.24, 2.45) is 0 Å². The fourth-order valence-corrected chi connectivity index (χ4v) is 3.14. The molecule has 1 aromatic carbocycles. The number of hydrogen-bond donors (Lipinski definition) is 0. The van der Waals surface area contributed by atoms with Gasteiger partial charge in [-0.15, -0.1) is 0 Å². The highest BCUT2D eigenvalue weighted by atomic mass is 79.9. The molecule has 23 heavy (non-hydrogen) atoms. The number of carbonyl (C=O) groups excluding carboxylic acids is 1. The second kappa shape index (κ2) is 7.18. The summed E-state index contributed by atoms with van der Waals surface area (Å²) in [5.74, 6) is -0.330. The molecule has 1 aliphatic rings. The third-order valence-corrected chi connectivity index (χ3v) is 4.37. The van der Waals surface area contributed by atoms with Gasteiger partial charge in [-0.05, 0) is 44.9 Å². The van der Waals surface area contributed by atoms with Crippen LogP contribution in [0, 0.1) is 5.82 Å². The van der Waals surface area contributed by atoms with Gasteiger partial charge >= 0.3 is 6.09 Å². The van der Waals surface area contributed by atoms with E-state index in [1.165, 1.54) is 6.07 Å². The Bertz CT molecular complexity index is 573. The number of benzene rings is 1. The average molecular weight is 388 g/mol. The van der Waals surface area contributed by atoms with E-state index < -0.39 is 5.60 Å². The molecule has 1 fully saturated rings. The molecule has 128 valence electrons. The number of hydrogen-bond acceptors (Lipinski definition) is 3. The van der Waals surface area contributed by atoms with Crippen LogP contribution in [0.2, 0.25) is 0 Å². The predicted octanol–water partition coefficient (Wildman–Crippen LogP) is 4.33. The number of ether oxygens (including phenoxy) is 2. The van der Waals surface area contributed by atoms with Crippen LogP contribution in [0.3, 0.4) is 0 Å². The van der Waals surface area contributed by atoms with E-state index in [1.54, 1.807) is 18.1 Å². The number of amides is 1. The minimum Gasteiger partial charge on any atom is -0.444 e. The van der Waals surface area contributed by atoms with Crippen LogP contribution in [0.25, 0.3) is 0 Å². The van der Waals surface area contributed by atoms with Crippen LogP contribution in [0.4, 0.5) is 9.18 Å². The van der Waals surface area contributed by atoms with Crippen molar-refractivity contribution < 1.29 is 18.7 Å². The zero-order valence-corrected chi connectivity index (χ0v) is 15.5. The Hall–Kier alpha value is -1.14. The highest BCUT2D eigenvalue weighted by molar-refractivity contribution is 9.10. The quantitative estimate of drug-likeness (QED) is 0.757. The maximum Gasteiger partial charge on any atom is 0.410 e. The number of halogens is 2. The highest BCUT2D eigenvalue weighted by Gasteiger charge is 2.35. The van der Waals surface area contributed by atoms with Crippen LogP contribution in [0.5, 0.6) is 0 Å². The van der Waals surface area contributed by atoms with Gasteiger partial charge in [-0.1, -0.05) is 22.0 Å². The van der Waals surface area contributed by atoms with Crippen molar-refractivity contribution in [1.29, 1.82) is 0 Å². The fraction of sp³-hybridized carbons (Fsp3) is 0.588. The molecule has 0 aromatic heterocycles. The smallest absolute Gasteiger partial charge is 0.410 e. The van der Waals surface area contributed by atoms with Gasteiger partial charge in [0.2, 0.25) is 0 Å². The Morgan fingerprint density at radius 3 is 2.65 bits per heavy atom. The summed E-state index contributed by atoms with van der Waals surface area (Å²) in [5.41, 5.74) is 0.0952. The van der Waals surface area contributed by atoms with Crippen LogP contribution in [-0.4, -0.2) is 42.9 Å². The molecule has 1 heterocycles. The average Bonchev–Trinajstić information content (AvgIpc) is 2.45. The molecule has 2 unspecified atom stereocenters. The first-order valence-corrected chi connectivity index (χ1v) is 8.46. The van der Waals surface area contributed by atoms with Gasteiger partial charge < -0.3 is 14.4 Å². The Morgan fingerprint density at radius 2 is 2.09 bits per heavy atom. The third kappa shape index (κ3) is 4.67. The van der Waals surface area contributed by atoms with E-state index in [1.807, 2.05) is 26.8 Å². The fourth-order valence-electron chi connectivity index (χ4n) is 2.81.